The number of carbonyl (C=O) groups is 1. The lowest BCUT2D eigenvalue weighted by Gasteiger charge is -2.14. The summed E-state index contributed by atoms with van der Waals surface area (Å²) in [7, 11) is 4.66. The van der Waals surface area contributed by atoms with Gasteiger partial charge >= 0.3 is 0 Å². The van der Waals surface area contributed by atoms with Crippen LogP contribution >= 0.6 is 0 Å². The molecular weight excluding hydrogens is 270 g/mol. The third kappa shape index (κ3) is 4.87. The highest BCUT2D eigenvalue weighted by Crippen LogP contribution is 2.38. The largest absolute Gasteiger partial charge is 0.493 e. The van der Waals surface area contributed by atoms with Crippen molar-refractivity contribution in [1.29, 1.82) is 0 Å². The van der Waals surface area contributed by atoms with E-state index in [1.807, 2.05) is 13.0 Å². The van der Waals surface area contributed by atoms with Crippen molar-refractivity contribution >= 4 is 5.91 Å². The molecule has 21 heavy (non-hydrogen) atoms. The summed E-state index contributed by atoms with van der Waals surface area (Å²) in [5.41, 5.74) is 0.859. The number of rotatable bonds is 7. The zero-order valence-corrected chi connectivity index (χ0v) is 12.8. The van der Waals surface area contributed by atoms with Gasteiger partial charge in [-0.3, -0.25) is 4.79 Å². The van der Waals surface area contributed by atoms with Gasteiger partial charge in [0.15, 0.2) is 11.5 Å². The molecule has 0 radical (unpaired) electrons. The quantitative estimate of drug-likeness (QED) is 0.619. The van der Waals surface area contributed by atoms with E-state index in [9.17, 15) is 4.79 Å². The Morgan fingerprint density at radius 2 is 1.71 bits per heavy atom. The SMILES string of the molecule is C/C=C/C=C/C(=O)NCc1cc(OC)c(OC)c(OC)c1. The van der Waals surface area contributed by atoms with E-state index < -0.39 is 0 Å². The van der Waals surface area contributed by atoms with Crippen LogP contribution in [0.3, 0.4) is 0 Å². The van der Waals surface area contributed by atoms with Gasteiger partial charge in [-0.1, -0.05) is 18.2 Å². The van der Waals surface area contributed by atoms with E-state index in [0.717, 1.165) is 5.56 Å². The normalized spacial score (nSPS) is 10.9. The van der Waals surface area contributed by atoms with Crippen molar-refractivity contribution in [2.24, 2.45) is 0 Å². The summed E-state index contributed by atoms with van der Waals surface area (Å²) < 4.78 is 15.8. The van der Waals surface area contributed by atoms with Gasteiger partial charge in [-0.15, -0.1) is 0 Å². The molecule has 1 aromatic carbocycles. The first-order valence-corrected chi connectivity index (χ1v) is 6.52. The van der Waals surface area contributed by atoms with Crippen LogP contribution in [0.5, 0.6) is 17.2 Å². The van der Waals surface area contributed by atoms with Gasteiger partial charge in [-0.05, 0) is 24.6 Å². The average molecular weight is 291 g/mol. The minimum absolute atomic E-state index is 0.165. The first kappa shape index (κ1) is 16.6. The summed E-state index contributed by atoms with van der Waals surface area (Å²) in [6, 6.07) is 3.61. The number of hydrogen-bond acceptors (Lipinski definition) is 4. The molecule has 0 unspecified atom stereocenters. The molecule has 114 valence electrons. The zero-order valence-electron chi connectivity index (χ0n) is 12.8. The summed E-state index contributed by atoms with van der Waals surface area (Å²) in [6.07, 6.45) is 6.80. The zero-order chi connectivity index (χ0) is 15.7. The molecule has 5 nitrogen and oxygen atoms in total. The third-order valence-electron chi connectivity index (χ3n) is 2.74. The maximum atomic E-state index is 11.6. The summed E-state index contributed by atoms with van der Waals surface area (Å²) in [6.45, 7) is 2.26. The van der Waals surface area contributed by atoms with Crippen LogP contribution in [0.4, 0.5) is 0 Å². The van der Waals surface area contributed by atoms with Crippen LogP contribution in [-0.4, -0.2) is 27.2 Å². The Bertz CT molecular complexity index is 510. The molecule has 0 fully saturated rings. The van der Waals surface area contributed by atoms with E-state index in [-0.39, 0.29) is 5.91 Å². The van der Waals surface area contributed by atoms with E-state index in [1.54, 1.807) is 45.6 Å². The molecular formula is C16H21NO4. The topological polar surface area (TPSA) is 56.8 Å². The van der Waals surface area contributed by atoms with E-state index in [0.29, 0.717) is 23.8 Å². The number of methoxy groups -OCH3 is 3. The van der Waals surface area contributed by atoms with Crippen LogP contribution in [0.15, 0.2) is 36.4 Å². The van der Waals surface area contributed by atoms with Gasteiger partial charge in [-0.2, -0.15) is 0 Å². The lowest BCUT2D eigenvalue weighted by Crippen LogP contribution is -2.20. The fourth-order valence-corrected chi connectivity index (χ4v) is 1.74. The molecule has 0 aliphatic carbocycles. The Morgan fingerprint density at radius 3 is 2.19 bits per heavy atom. The smallest absolute Gasteiger partial charge is 0.244 e. The van der Waals surface area contributed by atoms with Crippen molar-refractivity contribution in [3.8, 4) is 17.2 Å². The van der Waals surface area contributed by atoms with Crippen LogP contribution in [0, 0.1) is 0 Å². The maximum Gasteiger partial charge on any atom is 0.244 e. The second-order valence-corrected chi connectivity index (χ2v) is 4.14. The molecule has 0 saturated heterocycles. The van der Waals surface area contributed by atoms with Gasteiger partial charge in [0.25, 0.3) is 0 Å². The van der Waals surface area contributed by atoms with Crippen molar-refractivity contribution in [2.45, 2.75) is 13.5 Å². The minimum Gasteiger partial charge on any atom is -0.493 e. The lowest BCUT2D eigenvalue weighted by molar-refractivity contribution is -0.116. The Kier molecular flexibility index (Phi) is 6.87. The summed E-state index contributed by atoms with van der Waals surface area (Å²) in [5.74, 6) is 1.49. The van der Waals surface area contributed by atoms with E-state index in [1.165, 1.54) is 6.08 Å². The molecule has 0 aliphatic rings. The van der Waals surface area contributed by atoms with Gasteiger partial charge < -0.3 is 19.5 Å². The Morgan fingerprint density at radius 1 is 1.10 bits per heavy atom. The Hall–Kier alpha value is -2.43. The average Bonchev–Trinajstić information content (AvgIpc) is 2.51. The minimum atomic E-state index is -0.165. The number of ether oxygens (including phenoxy) is 3. The molecule has 0 saturated carbocycles. The highest BCUT2D eigenvalue weighted by atomic mass is 16.5. The Balaban J connectivity index is 2.82. The van der Waals surface area contributed by atoms with Crippen molar-refractivity contribution in [2.75, 3.05) is 21.3 Å². The van der Waals surface area contributed by atoms with Crippen LogP contribution in [0.1, 0.15) is 12.5 Å². The molecule has 1 rings (SSSR count). The van der Waals surface area contributed by atoms with Crippen LogP contribution in [0.2, 0.25) is 0 Å². The van der Waals surface area contributed by atoms with Gasteiger partial charge in [0.1, 0.15) is 0 Å². The van der Waals surface area contributed by atoms with Gasteiger partial charge in [-0.25, -0.2) is 0 Å². The molecule has 1 amide bonds. The lowest BCUT2D eigenvalue weighted by atomic mass is 10.1. The Labute approximate surface area is 125 Å². The number of amides is 1. The highest BCUT2D eigenvalue weighted by molar-refractivity contribution is 5.87. The summed E-state index contributed by atoms with van der Waals surface area (Å²) in [5, 5.41) is 2.79. The molecule has 1 N–H and O–H groups in total. The van der Waals surface area contributed by atoms with E-state index >= 15 is 0 Å². The van der Waals surface area contributed by atoms with Crippen molar-refractivity contribution in [3.63, 3.8) is 0 Å². The van der Waals surface area contributed by atoms with Gasteiger partial charge in [0.2, 0.25) is 11.7 Å². The van der Waals surface area contributed by atoms with Crippen molar-refractivity contribution < 1.29 is 19.0 Å². The third-order valence-corrected chi connectivity index (χ3v) is 2.74. The standard InChI is InChI=1S/C16H21NO4/c1-5-6-7-8-15(18)17-11-12-9-13(19-2)16(21-4)14(10-12)20-3/h5-10H,11H2,1-4H3,(H,17,18)/b6-5+,8-7+. The summed E-state index contributed by atoms with van der Waals surface area (Å²) in [4.78, 5) is 11.6. The predicted molar refractivity (Wildman–Crippen MR) is 81.9 cm³/mol. The monoisotopic (exact) mass is 291 g/mol. The highest BCUT2D eigenvalue weighted by Gasteiger charge is 2.13. The first-order chi connectivity index (χ1) is 10.2. The van der Waals surface area contributed by atoms with Crippen molar-refractivity contribution in [1.82, 2.24) is 5.32 Å². The first-order valence-electron chi connectivity index (χ1n) is 6.52. The number of nitrogens with one attached hydrogen (secondary N) is 1. The number of benzene rings is 1. The second-order valence-electron chi connectivity index (χ2n) is 4.14. The fraction of sp³-hybridized carbons (Fsp3) is 0.312. The van der Waals surface area contributed by atoms with Crippen molar-refractivity contribution in [3.05, 3.63) is 42.0 Å². The van der Waals surface area contributed by atoms with Gasteiger partial charge in [0.05, 0.1) is 21.3 Å². The fourth-order valence-electron chi connectivity index (χ4n) is 1.74. The van der Waals surface area contributed by atoms with Gasteiger partial charge in [0, 0.05) is 12.6 Å². The summed E-state index contributed by atoms with van der Waals surface area (Å²) >= 11 is 0. The number of hydrogen-bond donors (Lipinski definition) is 1. The number of carbonyl (C=O) groups excluding carboxylic acids is 1. The maximum absolute atomic E-state index is 11.6. The van der Waals surface area contributed by atoms with E-state index in [2.05, 4.69) is 5.32 Å². The second kappa shape index (κ2) is 8.68. The van der Waals surface area contributed by atoms with Crippen LogP contribution in [0.25, 0.3) is 0 Å². The molecule has 0 bridgehead atoms. The molecule has 0 aliphatic heterocycles. The molecule has 0 heterocycles. The molecule has 0 atom stereocenters. The van der Waals surface area contributed by atoms with E-state index in [4.69, 9.17) is 14.2 Å². The molecule has 0 spiro atoms. The predicted octanol–water partition coefficient (Wildman–Crippen LogP) is 2.46. The van der Waals surface area contributed by atoms with Crippen LogP contribution < -0.4 is 19.5 Å². The van der Waals surface area contributed by atoms with Crippen LogP contribution in [-0.2, 0) is 11.3 Å². The molecule has 5 heteroatoms. The number of allylic oxidation sites excluding steroid dienone is 3. The molecule has 0 aromatic heterocycles. The molecule has 1 aromatic rings.